The zero-order chi connectivity index (χ0) is 13.1. The van der Waals surface area contributed by atoms with Gasteiger partial charge in [-0.15, -0.1) is 0 Å². The van der Waals surface area contributed by atoms with Crippen molar-refractivity contribution >= 4 is 5.78 Å². The predicted octanol–water partition coefficient (Wildman–Crippen LogP) is 2.00. The van der Waals surface area contributed by atoms with Crippen LogP contribution in [0.2, 0.25) is 0 Å². The van der Waals surface area contributed by atoms with E-state index in [4.69, 9.17) is 4.74 Å². The molecule has 1 aliphatic heterocycles. The largest absolute Gasteiger partial charge is 0.378 e. The molecule has 100 valence electrons. The highest BCUT2D eigenvalue weighted by Crippen LogP contribution is 2.23. The Hall–Kier alpha value is -1.16. The lowest BCUT2D eigenvalue weighted by atomic mass is 9.94. The summed E-state index contributed by atoms with van der Waals surface area (Å²) in [4.78, 5) is 12.3. The number of nitrogens with zero attached hydrogens (tertiary/aromatic N) is 2. The Morgan fingerprint density at radius 1 is 1.56 bits per heavy atom. The van der Waals surface area contributed by atoms with Gasteiger partial charge in [0.2, 0.25) is 0 Å². The maximum Gasteiger partial charge on any atom is 0.144 e. The Labute approximate surface area is 108 Å². The first-order chi connectivity index (χ1) is 8.65. The van der Waals surface area contributed by atoms with Gasteiger partial charge in [0.1, 0.15) is 5.78 Å². The first kappa shape index (κ1) is 13.3. The fourth-order valence-corrected chi connectivity index (χ4v) is 2.57. The fraction of sp³-hybridized carbons (Fsp3) is 0.714. The van der Waals surface area contributed by atoms with E-state index in [1.807, 2.05) is 11.6 Å². The van der Waals surface area contributed by atoms with Gasteiger partial charge in [-0.3, -0.25) is 9.48 Å². The SMILES string of the molecule is CCc1cc(CC(=O)C2CCOC2C)n(CC)n1. The van der Waals surface area contributed by atoms with Crippen LogP contribution in [0, 0.1) is 5.92 Å². The Bertz CT molecular complexity index is 425. The molecule has 4 heteroatoms. The van der Waals surface area contributed by atoms with E-state index in [0.29, 0.717) is 13.0 Å². The number of ether oxygens (including phenoxy) is 1. The summed E-state index contributed by atoms with van der Waals surface area (Å²) in [5.41, 5.74) is 2.11. The standard InChI is InChI=1S/C14H22N2O2/c1-4-11-8-12(16(5-2)15-11)9-14(17)13-6-7-18-10(13)3/h8,10,13H,4-7,9H2,1-3H3. The van der Waals surface area contributed by atoms with Gasteiger partial charge in [-0.1, -0.05) is 6.92 Å². The molecule has 1 aliphatic rings. The van der Waals surface area contributed by atoms with Crippen LogP contribution in [-0.2, 0) is 28.9 Å². The van der Waals surface area contributed by atoms with E-state index < -0.39 is 0 Å². The molecule has 0 aromatic carbocycles. The zero-order valence-electron chi connectivity index (χ0n) is 11.5. The molecule has 18 heavy (non-hydrogen) atoms. The second kappa shape index (κ2) is 5.65. The molecule has 0 radical (unpaired) electrons. The number of hydrogen-bond donors (Lipinski definition) is 0. The third-order valence-corrected chi connectivity index (χ3v) is 3.72. The number of hydrogen-bond acceptors (Lipinski definition) is 3. The minimum Gasteiger partial charge on any atom is -0.378 e. The molecule has 0 spiro atoms. The van der Waals surface area contributed by atoms with Crippen molar-refractivity contribution in [1.82, 2.24) is 9.78 Å². The van der Waals surface area contributed by atoms with Crippen molar-refractivity contribution in [2.75, 3.05) is 6.61 Å². The van der Waals surface area contributed by atoms with Gasteiger partial charge in [-0.05, 0) is 32.8 Å². The van der Waals surface area contributed by atoms with E-state index in [2.05, 4.69) is 25.0 Å². The summed E-state index contributed by atoms with van der Waals surface area (Å²) < 4.78 is 7.41. The molecule has 1 aromatic rings. The summed E-state index contributed by atoms with van der Waals surface area (Å²) in [6.07, 6.45) is 2.33. The third kappa shape index (κ3) is 2.64. The second-order valence-corrected chi connectivity index (χ2v) is 4.91. The van der Waals surface area contributed by atoms with Crippen LogP contribution >= 0.6 is 0 Å². The van der Waals surface area contributed by atoms with Gasteiger partial charge in [0.15, 0.2) is 0 Å². The molecule has 2 atom stereocenters. The second-order valence-electron chi connectivity index (χ2n) is 4.91. The summed E-state index contributed by atoms with van der Waals surface area (Å²) in [6.45, 7) is 7.66. The Kier molecular flexibility index (Phi) is 4.17. The molecular weight excluding hydrogens is 228 g/mol. The normalized spacial score (nSPS) is 23.5. The van der Waals surface area contributed by atoms with Crippen LogP contribution < -0.4 is 0 Å². The molecule has 1 fully saturated rings. The minimum atomic E-state index is 0.0651. The summed E-state index contributed by atoms with van der Waals surface area (Å²) >= 11 is 0. The van der Waals surface area contributed by atoms with Gasteiger partial charge < -0.3 is 4.74 Å². The highest BCUT2D eigenvalue weighted by atomic mass is 16.5. The van der Waals surface area contributed by atoms with Gasteiger partial charge in [0.25, 0.3) is 0 Å². The first-order valence-electron chi connectivity index (χ1n) is 6.85. The fourth-order valence-electron chi connectivity index (χ4n) is 2.57. The predicted molar refractivity (Wildman–Crippen MR) is 69.5 cm³/mol. The molecule has 1 aromatic heterocycles. The maximum absolute atomic E-state index is 12.3. The van der Waals surface area contributed by atoms with Crippen molar-refractivity contribution in [2.24, 2.45) is 5.92 Å². The first-order valence-corrected chi connectivity index (χ1v) is 6.85. The van der Waals surface area contributed by atoms with Crippen LogP contribution in [0.5, 0.6) is 0 Å². The Morgan fingerprint density at radius 3 is 2.89 bits per heavy atom. The number of ketones is 1. The van der Waals surface area contributed by atoms with Crippen molar-refractivity contribution < 1.29 is 9.53 Å². The lowest BCUT2D eigenvalue weighted by molar-refractivity contribution is -0.123. The highest BCUT2D eigenvalue weighted by molar-refractivity contribution is 5.83. The summed E-state index contributed by atoms with van der Waals surface area (Å²) in [5, 5.41) is 4.48. The summed E-state index contributed by atoms with van der Waals surface area (Å²) in [6, 6.07) is 2.06. The van der Waals surface area contributed by atoms with E-state index >= 15 is 0 Å². The summed E-state index contributed by atoms with van der Waals surface area (Å²) in [5.74, 6) is 0.354. The van der Waals surface area contributed by atoms with Gasteiger partial charge in [-0.25, -0.2) is 0 Å². The van der Waals surface area contributed by atoms with Crippen molar-refractivity contribution in [3.63, 3.8) is 0 Å². The molecule has 4 nitrogen and oxygen atoms in total. The number of aromatic nitrogens is 2. The third-order valence-electron chi connectivity index (χ3n) is 3.72. The number of Topliss-reactive ketones (excluding diaryl/α,β-unsaturated/α-hetero) is 1. The van der Waals surface area contributed by atoms with Crippen molar-refractivity contribution in [3.8, 4) is 0 Å². The smallest absolute Gasteiger partial charge is 0.144 e. The Balaban J connectivity index is 2.08. The monoisotopic (exact) mass is 250 g/mol. The van der Waals surface area contributed by atoms with Crippen LogP contribution in [0.15, 0.2) is 6.07 Å². The number of carbonyl (C=O) groups excluding carboxylic acids is 1. The molecule has 2 unspecified atom stereocenters. The van der Waals surface area contributed by atoms with Gasteiger partial charge in [0, 0.05) is 31.2 Å². The van der Waals surface area contributed by atoms with Crippen molar-refractivity contribution in [1.29, 1.82) is 0 Å². The zero-order valence-corrected chi connectivity index (χ0v) is 11.5. The Morgan fingerprint density at radius 2 is 2.33 bits per heavy atom. The quantitative estimate of drug-likeness (QED) is 0.803. The van der Waals surface area contributed by atoms with Gasteiger partial charge in [-0.2, -0.15) is 5.10 Å². The number of rotatable bonds is 5. The average molecular weight is 250 g/mol. The van der Waals surface area contributed by atoms with E-state index in [1.54, 1.807) is 0 Å². The molecule has 0 amide bonds. The van der Waals surface area contributed by atoms with Crippen LogP contribution in [0.25, 0.3) is 0 Å². The minimum absolute atomic E-state index is 0.0651. The van der Waals surface area contributed by atoms with Crippen LogP contribution in [-0.4, -0.2) is 28.3 Å². The highest BCUT2D eigenvalue weighted by Gasteiger charge is 2.30. The molecular formula is C14H22N2O2. The molecule has 0 bridgehead atoms. The van der Waals surface area contributed by atoms with E-state index in [9.17, 15) is 4.79 Å². The van der Waals surface area contributed by atoms with Crippen LogP contribution in [0.4, 0.5) is 0 Å². The average Bonchev–Trinajstić information content (AvgIpc) is 2.95. The molecule has 2 heterocycles. The van der Waals surface area contributed by atoms with Crippen LogP contribution in [0.1, 0.15) is 38.6 Å². The molecule has 0 N–H and O–H groups in total. The molecule has 1 saturated heterocycles. The van der Waals surface area contributed by atoms with Gasteiger partial charge in [0.05, 0.1) is 11.8 Å². The maximum atomic E-state index is 12.3. The van der Waals surface area contributed by atoms with Crippen molar-refractivity contribution in [2.45, 2.75) is 52.7 Å². The summed E-state index contributed by atoms with van der Waals surface area (Å²) in [7, 11) is 0. The number of aryl methyl sites for hydroxylation is 2. The molecule has 0 saturated carbocycles. The van der Waals surface area contributed by atoms with E-state index in [1.165, 1.54) is 0 Å². The topological polar surface area (TPSA) is 44.1 Å². The lowest BCUT2D eigenvalue weighted by Crippen LogP contribution is -2.24. The van der Waals surface area contributed by atoms with Crippen LogP contribution in [0.3, 0.4) is 0 Å². The van der Waals surface area contributed by atoms with E-state index in [0.717, 1.165) is 30.8 Å². The lowest BCUT2D eigenvalue weighted by Gasteiger charge is -2.12. The molecule has 0 aliphatic carbocycles. The number of carbonyl (C=O) groups is 1. The van der Waals surface area contributed by atoms with E-state index in [-0.39, 0.29) is 17.8 Å². The van der Waals surface area contributed by atoms with Crippen molar-refractivity contribution in [3.05, 3.63) is 17.5 Å². The molecule has 2 rings (SSSR count). The van der Waals surface area contributed by atoms with Gasteiger partial charge >= 0.3 is 0 Å².